The fourth-order valence-corrected chi connectivity index (χ4v) is 1.13. The van der Waals surface area contributed by atoms with E-state index < -0.39 is 0 Å². The van der Waals surface area contributed by atoms with Crippen LogP contribution < -0.4 is 0 Å². The molecule has 0 bridgehead atoms. The molecule has 1 radical (unpaired) electrons. The summed E-state index contributed by atoms with van der Waals surface area (Å²) in [5.41, 5.74) is 1.45. The van der Waals surface area contributed by atoms with Crippen LogP contribution in [-0.2, 0) is 0 Å². The lowest BCUT2D eigenvalue weighted by Gasteiger charge is -1.99. The Labute approximate surface area is 71.7 Å². The van der Waals surface area contributed by atoms with Crippen molar-refractivity contribution in [2.75, 3.05) is 0 Å². The van der Waals surface area contributed by atoms with Gasteiger partial charge < -0.3 is 0 Å². The molecule has 0 aromatic rings. The van der Waals surface area contributed by atoms with E-state index in [4.69, 9.17) is 0 Å². The van der Waals surface area contributed by atoms with Gasteiger partial charge in [0.15, 0.2) is 0 Å². The molecule has 0 saturated heterocycles. The van der Waals surface area contributed by atoms with Crippen molar-refractivity contribution in [2.24, 2.45) is 0 Å². The van der Waals surface area contributed by atoms with E-state index in [0.29, 0.717) is 0 Å². The molecule has 0 N–H and O–H groups in total. The van der Waals surface area contributed by atoms with Crippen LogP contribution in [0.15, 0.2) is 11.6 Å². The Morgan fingerprint density at radius 3 is 2.45 bits per heavy atom. The molecule has 0 saturated carbocycles. The van der Waals surface area contributed by atoms with Crippen molar-refractivity contribution in [3.63, 3.8) is 0 Å². The second kappa shape index (κ2) is 7.84. The van der Waals surface area contributed by atoms with Crippen LogP contribution in [0.25, 0.3) is 0 Å². The van der Waals surface area contributed by atoms with Gasteiger partial charge in [0.05, 0.1) is 0 Å². The number of hydrogen-bond donors (Lipinski definition) is 0. The molecule has 0 rings (SSSR count). The van der Waals surface area contributed by atoms with Crippen molar-refractivity contribution in [3.05, 3.63) is 18.1 Å². The van der Waals surface area contributed by atoms with Gasteiger partial charge in [0.25, 0.3) is 0 Å². The Hall–Kier alpha value is -0.260. The van der Waals surface area contributed by atoms with Gasteiger partial charge in [-0.25, -0.2) is 0 Å². The van der Waals surface area contributed by atoms with Crippen LogP contribution in [0.3, 0.4) is 0 Å². The van der Waals surface area contributed by atoms with Gasteiger partial charge >= 0.3 is 0 Å². The minimum Gasteiger partial charge on any atom is -0.0856 e. The maximum absolute atomic E-state index is 2.35. The summed E-state index contributed by atoms with van der Waals surface area (Å²) in [6, 6.07) is 0. The van der Waals surface area contributed by atoms with E-state index in [-0.39, 0.29) is 0 Å². The van der Waals surface area contributed by atoms with E-state index >= 15 is 0 Å². The monoisotopic (exact) mass is 153 g/mol. The molecule has 11 heavy (non-hydrogen) atoms. The van der Waals surface area contributed by atoms with Gasteiger partial charge in [0.2, 0.25) is 0 Å². The average molecular weight is 153 g/mol. The SMILES string of the molecule is CC/C=C(\C)[CH]CCCCC. The molecule has 65 valence electrons. The fourth-order valence-electron chi connectivity index (χ4n) is 1.13. The van der Waals surface area contributed by atoms with Gasteiger partial charge in [0, 0.05) is 0 Å². The van der Waals surface area contributed by atoms with E-state index in [1.165, 1.54) is 31.3 Å². The molecule has 0 amide bonds. The van der Waals surface area contributed by atoms with Crippen molar-refractivity contribution < 1.29 is 0 Å². The highest BCUT2D eigenvalue weighted by Crippen LogP contribution is 2.08. The van der Waals surface area contributed by atoms with Crippen LogP contribution >= 0.6 is 0 Å². The maximum atomic E-state index is 2.35. The van der Waals surface area contributed by atoms with Crippen molar-refractivity contribution >= 4 is 0 Å². The molecule has 0 fully saturated rings. The first-order chi connectivity index (χ1) is 5.31. The van der Waals surface area contributed by atoms with Crippen LogP contribution in [0.4, 0.5) is 0 Å². The molecule has 0 heterocycles. The van der Waals surface area contributed by atoms with Crippen molar-refractivity contribution in [3.8, 4) is 0 Å². The summed E-state index contributed by atoms with van der Waals surface area (Å²) in [7, 11) is 0. The van der Waals surface area contributed by atoms with Crippen molar-refractivity contribution in [1.29, 1.82) is 0 Å². The second-order valence-electron chi connectivity index (χ2n) is 3.06. The Kier molecular flexibility index (Phi) is 7.66. The molecular weight excluding hydrogens is 132 g/mol. The van der Waals surface area contributed by atoms with Crippen LogP contribution in [0.2, 0.25) is 0 Å². The number of hydrogen-bond acceptors (Lipinski definition) is 0. The molecule has 0 aliphatic rings. The Bertz CT molecular complexity index is 101. The molecule has 0 nitrogen and oxygen atoms in total. The average Bonchev–Trinajstić information content (AvgIpc) is 1.99. The highest BCUT2D eigenvalue weighted by Gasteiger charge is 1.89. The summed E-state index contributed by atoms with van der Waals surface area (Å²) in [5.74, 6) is 0. The molecule has 0 aromatic heterocycles. The topological polar surface area (TPSA) is 0 Å². The molecular formula is C11H21. The maximum Gasteiger partial charge on any atom is -0.0140 e. The lowest BCUT2D eigenvalue weighted by atomic mass is 10.1. The van der Waals surface area contributed by atoms with E-state index in [9.17, 15) is 0 Å². The minimum absolute atomic E-state index is 1.16. The summed E-state index contributed by atoms with van der Waals surface area (Å²) < 4.78 is 0. The number of allylic oxidation sites excluding steroid dienone is 2. The lowest BCUT2D eigenvalue weighted by molar-refractivity contribution is 0.713. The smallest absolute Gasteiger partial charge is 0.0140 e. The first-order valence-corrected chi connectivity index (χ1v) is 4.81. The molecule has 0 atom stereocenters. The highest BCUT2D eigenvalue weighted by molar-refractivity contribution is 5.09. The van der Waals surface area contributed by atoms with Crippen LogP contribution in [0.5, 0.6) is 0 Å². The van der Waals surface area contributed by atoms with Gasteiger partial charge in [-0.3, -0.25) is 0 Å². The Balaban J connectivity index is 3.17. The fraction of sp³-hybridized carbons (Fsp3) is 0.727. The summed E-state index contributed by atoms with van der Waals surface area (Å²) in [5, 5.41) is 0. The first kappa shape index (κ1) is 10.7. The number of rotatable bonds is 6. The van der Waals surface area contributed by atoms with E-state index in [2.05, 4.69) is 33.3 Å². The molecule has 0 heteroatoms. The largest absolute Gasteiger partial charge is 0.0856 e. The summed E-state index contributed by atoms with van der Waals surface area (Å²) >= 11 is 0. The third-order valence-electron chi connectivity index (χ3n) is 1.80. The second-order valence-corrected chi connectivity index (χ2v) is 3.06. The van der Waals surface area contributed by atoms with Gasteiger partial charge in [-0.2, -0.15) is 0 Å². The van der Waals surface area contributed by atoms with E-state index in [0.717, 1.165) is 6.42 Å². The van der Waals surface area contributed by atoms with Gasteiger partial charge in [0.1, 0.15) is 0 Å². The predicted molar refractivity (Wildman–Crippen MR) is 52.5 cm³/mol. The molecule has 0 spiro atoms. The zero-order chi connectivity index (χ0) is 8.53. The quantitative estimate of drug-likeness (QED) is 0.503. The summed E-state index contributed by atoms with van der Waals surface area (Å²) in [6.07, 6.45) is 11.1. The lowest BCUT2D eigenvalue weighted by Crippen LogP contribution is -1.80. The summed E-state index contributed by atoms with van der Waals surface area (Å²) in [6.45, 7) is 6.62. The number of unbranched alkanes of at least 4 members (excludes halogenated alkanes) is 3. The third kappa shape index (κ3) is 7.64. The first-order valence-electron chi connectivity index (χ1n) is 4.81. The van der Waals surface area contributed by atoms with E-state index in [1.54, 1.807) is 0 Å². The molecule has 0 aliphatic heterocycles. The summed E-state index contributed by atoms with van der Waals surface area (Å²) in [4.78, 5) is 0. The molecule has 0 aliphatic carbocycles. The normalized spacial score (nSPS) is 12.1. The van der Waals surface area contributed by atoms with Crippen LogP contribution in [-0.4, -0.2) is 0 Å². The molecule has 0 unspecified atom stereocenters. The predicted octanol–water partition coefficient (Wildman–Crippen LogP) is 4.13. The van der Waals surface area contributed by atoms with Crippen LogP contribution in [0.1, 0.15) is 52.9 Å². The zero-order valence-electron chi connectivity index (χ0n) is 8.19. The Morgan fingerprint density at radius 2 is 1.91 bits per heavy atom. The highest BCUT2D eigenvalue weighted by atomic mass is 14.0. The molecule has 0 aromatic carbocycles. The minimum atomic E-state index is 1.16. The third-order valence-corrected chi connectivity index (χ3v) is 1.80. The van der Waals surface area contributed by atoms with Gasteiger partial charge in [-0.15, -0.1) is 0 Å². The van der Waals surface area contributed by atoms with Crippen molar-refractivity contribution in [1.82, 2.24) is 0 Å². The van der Waals surface area contributed by atoms with Gasteiger partial charge in [-0.1, -0.05) is 44.8 Å². The van der Waals surface area contributed by atoms with E-state index in [1.807, 2.05) is 0 Å². The van der Waals surface area contributed by atoms with Gasteiger partial charge in [-0.05, 0) is 26.2 Å². The van der Waals surface area contributed by atoms with Crippen LogP contribution in [0, 0.1) is 6.42 Å². The van der Waals surface area contributed by atoms with Crippen molar-refractivity contribution in [2.45, 2.75) is 52.9 Å². The Morgan fingerprint density at radius 1 is 1.18 bits per heavy atom. The zero-order valence-corrected chi connectivity index (χ0v) is 8.19. The standard InChI is InChI=1S/C11H21/c1-4-6-7-8-10-11(3)9-5-2/h9-10H,4-8H2,1-3H3/b11-9+.